The number of fused-ring (bicyclic) bond motifs is 2. The molecule has 4 rings (SSSR count). The van der Waals surface area contributed by atoms with E-state index in [0.717, 1.165) is 36.1 Å². The maximum atomic E-state index is 13.2. The number of aliphatic imine (C=N–C) groups is 1. The number of nitrogens with zero attached hydrogens (tertiary/aromatic N) is 6. The van der Waals surface area contributed by atoms with Gasteiger partial charge < -0.3 is 10.4 Å². The summed E-state index contributed by atoms with van der Waals surface area (Å²) in [6.07, 6.45) is 0.533. The molecule has 3 aromatic heterocycles. The molecule has 0 aromatic carbocycles. The van der Waals surface area contributed by atoms with Crippen molar-refractivity contribution >= 4 is 44.0 Å². The molecule has 0 aliphatic carbocycles. The summed E-state index contributed by atoms with van der Waals surface area (Å²) in [5.74, 6) is -1.25. The highest BCUT2D eigenvalue weighted by Gasteiger charge is 2.38. The number of pyridine rings is 1. The van der Waals surface area contributed by atoms with Crippen molar-refractivity contribution < 1.29 is 27.9 Å². The highest BCUT2D eigenvalue weighted by atomic mass is 79.9. The number of carboxylic acids is 1. The number of aryl methyl sites for hydroxylation is 2. The second-order valence-electron chi connectivity index (χ2n) is 8.38. The maximum absolute atomic E-state index is 13.2. The molecule has 0 radical (unpaired) electrons. The zero-order valence-corrected chi connectivity index (χ0v) is 22.1. The van der Waals surface area contributed by atoms with Crippen molar-refractivity contribution in [2.75, 3.05) is 6.54 Å². The molecule has 204 valence electrons. The fourth-order valence-electron chi connectivity index (χ4n) is 3.73. The number of rotatable bonds is 8. The van der Waals surface area contributed by atoms with E-state index in [1.54, 1.807) is 22.7 Å². The molecular weight excluding hydrogens is 575 g/mol. The summed E-state index contributed by atoms with van der Waals surface area (Å²) in [6, 6.07) is 3.41. The highest BCUT2D eigenvalue weighted by Crippen LogP contribution is 2.28. The summed E-state index contributed by atoms with van der Waals surface area (Å²) < 4.78 is 36.0. The van der Waals surface area contributed by atoms with E-state index in [0.29, 0.717) is 47.9 Å². The predicted octanol–water partition coefficient (Wildman–Crippen LogP) is 3.37. The van der Waals surface area contributed by atoms with E-state index in [1.165, 1.54) is 0 Å². The van der Waals surface area contributed by atoms with Crippen LogP contribution in [-0.2, 0) is 24.2 Å². The second-order valence-corrected chi connectivity index (χ2v) is 9.29. The molecule has 1 aliphatic rings. The molecule has 38 heavy (non-hydrogen) atoms. The Morgan fingerprint density at radius 1 is 1.24 bits per heavy atom. The number of aromatic nitrogens is 5. The van der Waals surface area contributed by atoms with Gasteiger partial charge in [-0.15, -0.1) is 10.2 Å². The second kappa shape index (κ2) is 12.3. The number of aliphatic carboxylic acids is 1. The largest absolute Gasteiger partial charge is 0.490 e. The third-order valence-electron chi connectivity index (χ3n) is 5.51. The highest BCUT2D eigenvalue weighted by molar-refractivity contribution is 9.18. The van der Waals surface area contributed by atoms with E-state index in [9.17, 15) is 22.8 Å². The molecule has 4 heterocycles. The van der Waals surface area contributed by atoms with Crippen molar-refractivity contribution in [3.63, 3.8) is 0 Å². The number of carbonyl (C=O) groups excluding carboxylic acids is 1. The first-order valence-corrected chi connectivity index (χ1v) is 12.5. The van der Waals surface area contributed by atoms with Gasteiger partial charge in [0.25, 0.3) is 11.5 Å². The van der Waals surface area contributed by atoms with Gasteiger partial charge in [-0.1, -0.05) is 19.8 Å². The number of unbranched alkanes of at least 4 members (excludes halogenated alkanes) is 2. The molecule has 3 aromatic rings. The van der Waals surface area contributed by atoms with Crippen LogP contribution in [0.25, 0.3) is 5.78 Å². The standard InChI is InChI=1S/C21H24BrN7O2.C2HF3O2/c1-3-4-5-10-28-18-15(12-16(22)25-18)20(31)29-17(26-27-21(28)29)7-9-24-19(30)14-6-8-23-13(2)11-14;3-2(4,5)1(6)7/h6,8,11H,3-5,7,9-10,12H2,1-2H3,(H,24,30);(H,6,7). The minimum atomic E-state index is -5.08. The molecule has 0 saturated heterocycles. The Bertz CT molecular complexity index is 1430. The number of amides is 1. The Morgan fingerprint density at radius 3 is 2.58 bits per heavy atom. The first-order chi connectivity index (χ1) is 17.9. The van der Waals surface area contributed by atoms with Gasteiger partial charge in [0, 0.05) is 43.4 Å². The molecule has 1 amide bonds. The fourth-order valence-corrected chi connectivity index (χ4v) is 4.17. The lowest BCUT2D eigenvalue weighted by molar-refractivity contribution is -0.192. The smallest absolute Gasteiger partial charge is 0.475 e. The lowest BCUT2D eigenvalue weighted by Gasteiger charge is -2.12. The van der Waals surface area contributed by atoms with Gasteiger partial charge in [-0.05, 0) is 41.4 Å². The molecular formula is C23H25BrF3N7O4. The quantitative estimate of drug-likeness (QED) is 0.378. The van der Waals surface area contributed by atoms with E-state index >= 15 is 0 Å². The van der Waals surface area contributed by atoms with Gasteiger partial charge >= 0.3 is 12.1 Å². The topological polar surface area (TPSA) is 144 Å². The van der Waals surface area contributed by atoms with Crippen LogP contribution in [-0.4, -0.2) is 58.5 Å². The Morgan fingerprint density at radius 2 is 1.95 bits per heavy atom. The van der Waals surface area contributed by atoms with Gasteiger partial charge in [0.05, 0.1) is 10.2 Å². The fraction of sp³-hybridized carbons (Fsp3) is 0.435. The number of carboxylic acid groups (broad SMARTS) is 1. The van der Waals surface area contributed by atoms with Crippen molar-refractivity contribution in [1.82, 2.24) is 29.5 Å². The number of halogens is 4. The van der Waals surface area contributed by atoms with Gasteiger partial charge in [-0.25, -0.2) is 14.2 Å². The van der Waals surface area contributed by atoms with Crippen LogP contribution in [0.5, 0.6) is 0 Å². The molecule has 0 atom stereocenters. The first-order valence-electron chi connectivity index (χ1n) is 11.7. The number of hydrogen-bond acceptors (Lipinski definition) is 7. The Balaban J connectivity index is 0.000000505. The lowest BCUT2D eigenvalue weighted by Crippen LogP contribution is -2.28. The van der Waals surface area contributed by atoms with Gasteiger partial charge in [0.1, 0.15) is 11.6 Å². The summed E-state index contributed by atoms with van der Waals surface area (Å²) >= 11 is 3.43. The van der Waals surface area contributed by atoms with Gasteiger partial charge in [-0.2, -0.15) is 13.2 Å². The number of carbonyl (C=O) groups is 2. The molecule has 11 nitrogen and oxygen atoms in total. The van der Waals surface area contributed by atoms with E-state index in [4.69, 9.17) is 9.90 Å². The molecule has 0 fully saturated rings. The van der Waals surface area contributed by atoms with Crippen LogP contribution in [0.1, 0.15) is 53.6 Å². The van der Waals surface area contributed by atoms with Gasteiger partial charge in [-0.3, -0.25) is 19.1 Å². The van der Waals surface area contributed by atoms with Gasteiger partial charge in [0.2, 0.25) is 5.78 Å². The van der Waals surface area contributed by atoms with Crippen LogP contribution >= 0.6 is 15.9 Å². The summed E-state index contributed by atoms with van der Waals surface area (Å²) in [7, 11) is 0. The van der Waals surface area contributed by atoms with Crippen LogP contribution in [0.15, 0.2) is 28.1 Å². The van der Waals surface area contributed by atoms with Crippen molar-refractivity contribution in [2.24, 2.45) is 4.99 Å². The zero-order chi connectivity index (χ0) is 28.0. The van der Waals surface area contributed by atoms with E-state index in [1.807, 2.05) is 11.5 Å². The Labute approximate surface area is 222 Å². The van der Waals surface area contributed by atoms with E-state index in [-0.39, 0.29) is 11.5 Å². The SMILES string of the molecule is CCCCCn1c2c(c(=O)n3c(CCNC(=O)c4ccnc(C)c4)nnc13)CC(Br)=N2.O=C(O)C(F)(F)F. The van der Waals surface area contributed by atoms with Crippen LogP contribution in [0, 0.1) is 6.92 Å². The Kier molecular flexibility index (Phi) is 9.36. The summed E-state index contributed by atoms with van der Waals surface area (Å²) in [5, 5.41) is 18.6. The molecule has 0 unspecified atom stereocenters. The molecule has 0 spiro atoms. The van der Waals surface area contributed by atoms with Crippen LogP contribution in [0.4, 0.5) is 19.0 Å². The number of hydrogen-bond donors (Lipinski definition) is 2. The normalized spacial score (nSPS) is 12.5. The maximum Gasteiger partial charge on any atom is 0.490 e. The van der Waals surface area contributed by atoms with Crippen molar-refractivity contribution in [3.8, 4) is 0 Å². The van der Waals surface area contributed by atoms with Gasteiger partial charge in [0.15, 0.2) is 0 Å². The van der Waals surface area contributed by atoms with Crippen LogP contribution < -0.4 is 10.9 Å². The van der Waals surface area contributed by atoms with Crippen molar-refractivity contribution in [2.45, 2.75) is 58.7 Å². The Hall–Kier alpha value is -3.62. The third-order valence-corrected chi connectivity index (χ3v) is 5.97. The summed E-state index contributed by atoms with van der Waals surface area (Å²) in [5.41, 5.74) is 1.83. The number of alkyl halides is 3. The average molecular weight is 600 g/mol. The minimum absolute atomic E-state index is 0.147. The monoisotopic (exact) mass is 599 g/mol. The lowest BCUT2D eigenvalue weighted by atomic mass is 10.2. The van der Waals surface area contributed by atoms with Crippen LogP contribution in [0.2, 0.25) is 0 Å². The summed E-state index contributed by atoms with van der Waals surface area (Å²) in [4.78, 5) is 43.1. The first kappa shape index (κ1) is 28.9. The van der Waals surface area contributed by atoms with Crippen LogP contribution in [0.3, 0.4) is 0 Å². The molecule has 2 N–H and O–H groups in total. The average Bonchev–Trinajstić information content (AvgIpc) is 3.45. The van der Waals surface area contributed by atoms with Crippen molar-refractivity contribution in [3.05, 3.63) is 51.3 Å². The number of nitrogens with one attached hydrogen (secondary N) is 1. The molecule has 0 saturated carbocycles. The zero-order valence-electron chi connectivity index (χ0n) is 20.5. The molecule has 1 aliphatic heterocycles. The third kappa shape index (κ3) is 6.82. The minimum Gasteiger partial charge on any atom is -0.475 e. The molecule has 15 heteroatoms. The predicted molar refractivity (Wildman–Crippen MR) is 135 cm³/mol. The molecule has 0 bridgehead atoms. The van der Waals surface area contributed by atoms with Crippen molar-refractivity contribution in [1.29, 1.82) is 0 Å². The van der Waals surface area contributed by atoms with E-state index < -0.39 is 12.1 Å². The summed E-state index contributed by atoms with van der Waals surface area (Å²) in [6.45, 7) is 5.05. The van der Waals surface area contributed by atoms with E-state index in [2.05, 4.69) is 48.3 Å².